The third-order valence-corrected chi connectivity index (χ3v) is 11.1. The normalized spacial score (nSPS) is 12.7. The predicted octanol–water partition coefficient (Wildman–Crippen LogP) is 5.91. The van der Waals surface area contributed by atoms with Crippen LogP contribution in [0.25, 0.3) is 0 Å². The van der Waals surface area contributed by atoms with Gasteiger partial charge in [-0.1, -0.05) is 81.6 Å². The van der Waals surface area contributed by atoms with Crippen molar-refractivity contribution in [2.75, 3.05) is 18.5 Å². The number of aromatic hydroxyl groups is 1. The summed E-state index contributed by atoms with van der Waals surface area (Å²) in [7, 11) is -1.01. The highest BCUT2D eigenvalue weighted by molar-refractivity contribution is 7.75. The van der Waals surface area contributed by atoms with Gasteiger partial charge in [0.15, 0.2) is 0 Å². The Labute approximate surface area is 199 Å². The van der Waals surface area contributed by atoms with Crippen molar-refractivity contribution in [1.82, 2.24) is 0 Å². The van der Waals surface area contributed by atoms with E-state index in [9.17, 15) is 5.11 Å². The summed E-state index contributed by atoms with van der Waals surface area (Å²) in [4.78, 5) is 0. The first-order chi connectivity index (χ1) is 13.4. The third kappa shape index (κ3) is 8.82. The maximum Gasteiger partial charge on any atom is 0.123 e. The third-order valence-electron chi connectivity index (χ3n) is 6.26. The number of phenols is 1. The number of halogens is 1. The molecule has 0 aliphatic carbocycles. The molecule has 176 valence electrons. The van der Waals surface area contributed by atoms with Crippen molar-refractivity contribution < 1.29 is 22.1 Å². The summed E-state index contributed by atoms with van der Waals surface area (Å²) in [5, 5.41) is 11.1. The monoisotopic (exact) mass is 500 g/mol. The van der Waals surface area contributed by atoms with Crippen molar-refractivity contribution in [2.24, 2.45) is 0 Å². The predicted molar refractivity (Wildman–Crippen MR) is 135 cm³/mol. The minimum absolute atomic E-state index is 0. The molecule has 1 N–H and O–H groups in total. The van der Waals surface area contributed by atoms with Crippen LogP contribution in [0.5, 0.6) is 5.75 Å². The molecule has 0 atom stereocenters. The Bertz CT molecular complexity index is 568. The standard InChI is InChI=1S/C27H49OP.BrH/c1-10-13-16-29(17-14-11-2,18-15-12-3)21-22-19-23(26(4,5)6)25(28)24(20-22)27(7,8)9;/h19-20H,10-18,21H2,1-9H3;1H. The van der Waals surface area contributed by atoms with Crippen molar-refractivity contribution in [3.8, 4) is 5.75 Å². The average molecular weight is 502 g/mol. The molecular weight excluding hydrogens is 451 g/mol. The van der Waals surface area contributed by atoms with Crippen LogP contribution in [-0.2, 0) is 17.0 Å². The van der Waals surface area contributed by atoms with Gasteiger partial charge < -0.3 is 22.1 Å². The SMILES string of the molecule is CCCC[P+](CCCC)(CCCC)Cc1cc(C(C)(C)C)c(O)c(C(C)(C)C)c1.[Br-]. The zero-order valence-electron chi connectivity index (χ0n) is 21.5. The van der Waals surface area contributed by atoms with Crippen LogP contribution in [0.4, 0.5) is 0 Å². The lowest BCUT2D eigenvalue weighted by atomic mass is 9.78. The van der Waals surface area contributed by atoms with Gasteiger partial charge in [0.25, 0.3) is 0 Å². The van der Waals surface area contributed by atoms with Crippen molar-refractivity contribution >= 4 is 7.26 Å². The summed E-state index contributed by atoms with van der Waals surface area (Å²) in [6, 6.07) is 4.70. The molecule has 1 rings (SSSR count). The summed E-state index contributed by atoms with van der Waals surface area (Å²) in [5.41, 5.74) is 3.64. The fourth-order valence-corrected chi connectivity index (χ4v) is 9.43. The molecule has 3 heteroatoms. The quantitative estimate of drug-likeness (QED) is 0.374. The van der Waals surface area contributed by atoms with Gasteiger partial charge in [0.2, 0.25) is 0 Å². The zero-order valence-corrected chi connectivity index (χ0v) is 24.0. The molecule has 0 spiro atoms. The Morgan fingerprint density at radius 3 is 1.30 bits per heavy atom. The van der Waals surface area contributed by atoms with E-state index in [4.69, 9.17) is 0 Å². The van der Waals surface area contributed by atoms with E-state index < -0.39 is 7.26 Å². The maximum atomic E-state index is 11.1. The summed E-state index contributed by atoms with van der Waals surface area (Å²) < 4.78 is 0. The zero-order chi connectivity index (χ0) is 22.3. The molecule has 0 amide bonds. The maximum absolute atomic E-state index is 11.1. The topological polar surface area (TPSA) is 20.2 Å². The van der Waals surface area contributed by atoms with E-state index in [2.05, 4.69) is 74.4 Å². The van der Waals surface area contributed by atoms with Gasteiger partial charge in [-0.15, -0.1) is 0 Å². The Kier molecular flexibility index (Phi) is 12.8. The first-order valence-corrected chi connectivity index (χ1v) is 14.6. The molecule has 0 bridgehead atoms. The van der Waals surface area contributed by atoms with E-state index in [0.717, 1.165) is 11.1 Å². The lowest BCUT2D eigenvalue weighted by molar-refractivity contribution is -0.00000858. The Balaban J connectivity index is 0.00000841. The van der Waals surface area contributed by atoms with Crippen LogP contribution < -0.4 is 17.0 Å². The number of benzene rings is 1. The van der Waals surface area contributed by atoms with Crippen LogP contribution in [0.3, 0.4) is 0 Å². The minimum Gasteiger partial charge on any atom is -1.00 e. The first-order valence-electron chi connectivity index (χ1n) is 12.1. The van der Waals surface area contributed by atoms with Crippen LogP contribution in [0, 0.1) is 0 Å². The van der Waals surface area contributed by atoms with Gasteiger partial charge in [0.05, 0.1) is 24.6 Å². The van der Waals surface area contributed by atoms with Crippen molar-refractivity contribution in [1.29, 1.82) is 0 Å². The molecular formula is C27H50BrOP. The molecule has 30 heavy (non-hydrogen) atoms. The lowest BCUT2D eigenvalue weighted by Gasteiger charge is -2.31. The van der Waals surface area contributed by atoms with Gasteiger partial charge >= 0.3 is 0 Å². The van der Waals surface area contributed by atoms with Gasteiger partial charge in [-0.2, -0.15) is 0 Å². The molecule has 0 fully saturated rings. The molecule has 0 aliphatic rings. The fraction of sp³-hybridized carbons (Fsp3) is 0.778. The molecule has 0 saturated carbocycles. The molecule has 0 aromatic heterocycles. The van der Waals surface area contributed by atoms with E-state index in [-0.39, 0.29) is 27.8 Å². The summed E-state index contributed by atoms with van der Waals surface area (Å²) in [5.74, 6) is 0.522. The molecule has 1 nitrogen and oxygen atoms in total. The van der Waals surface area contributed by atoms with E-state index in [1.807, 2.05) is 0 Å². The van der Waals surface area contributed by atoms with Gasteiger partial charge in [0.1, 0.15) is 5.75 Å². The smallest absolute Gasteiger partial charge is 0.123 e. The number of hydrogen-bond donors (Lipinski definition) is 1. The largest absolute Gasteiger partial charge is 1.00 e. The molecule has 1 aromatic rings. The molecule has 0 radical (unpaired) electrons. The average Bonchev–Trinajstić information content (AvgIpc) is 2.62. The molecule has 0 saturated heterocycles. The second-order valence-corrected chi connectivity index (χ2v) is 15.6. The van der Waals surface area contributed by atoms with E-state index >= 15 is 0 Å². The lowest BCUT2D eigenvalue weighted by Crippen LogP contribution is -3.00. The summed E-state index contributed by atoms with van der Waals surface area (Å²) >= 11 is 0. The molecule has 1 aromatic carbocycles. The van der Waals surface area contributed by atoms with Crippen molar-refractivity contribution in [3.05, 3.63) is 28.8 Å². The Morgan fingerprint density at radius 1 is 0.700 bits per heavy atom. The molecule has 0 aliphatic heterocycles. The fourth-order valence-electron chi connectivity index (χ4n) is 4.37. The van der Waals surface area contributed by atoms with E-state index in [1.54, 1.807) is 0 Å². The number of unbranched alkanes of at least 4 members (excludes halogenated alkanes) is 3. The van der Waals surface area contributed by atoms with Gasteiger partial charge in [0, 0.05) is 7.26 Å². The van der Waals surface area contributed by atoms with Crippen LogP contribution in [0.15, 0.2) is 12.1 Å². The van der Waals surface area contributed by atoms with E-state index in [0.29, 0.717) is 5.75 Å². The Morgan fingerprint density at radius 2 is 1.03 bits per heavy atom. The van der Waals surface area contributed by atoms with E-state index in [1.165, 1.54) is 68.7 Å². The highest BCUT2D eigenvalue weighted by Gasteiger charge is 2.37. The van der Waals surface area contributed by atoms with Crippen LogP contribution in [0.1, 0.15) is 118 Å². The van der Waals surface area contributed by atoms with Gasteiger partial charge in [-0.25, -0.2) is 0 Å². The van der Waals surface area contributed by atoms with Crippen molar-refractivity contribution in [3.63, 3.8) is 0 Å². The van der Waals surface area contributed by atoms with Crippen LogP contribution >= 0.6 is 7.26 Å². The Hall–Kier alpha value is -0.0700. The number of hydrogen-bond acceptors (Lipinski definition) is 1. The second-order valence-electron chi connectivity index (χ2n) is 11.3. The minimum atomic E-state index is -1.01. The summed E-state index contributed by atoms with van der Waals surface area (Å²) in [6.45, 7) is 20.4. The molecule has 0 heterocycles. The number of phenolic OH excluding ortho intramolecular Hbond substituents is 1. The molecule has 0 unspecified atom stereocenters. The first kappa shape index (κ1) is 29.9. The van der Waals surface area contributed by atoms with Crippen molar-refractivity contribution in [2.45, 2.75) is 118 Å². The van der Waals surface area contributed by atoms with Crippen LogP contribution in [-0.4, -0.2) is 23.6 Å². The highest BCUT2D eigenvalue weighted by atomic mass is 79.9. The van der Waals surface area contributed by atoms with Crippen LogP contribution in [0.2, 0.25) is 0 Å². The second kappa shape index (κ2) is 12.8. The highest BCUT2D eigenvalue weighted by Crippen LogP contribution is 2.63. The number of rotatable bonds is 11. The van der Waals surface area contributed by atoms with Gasteiger partial charge in [-0.3, -0.25) is 0 Å². The summed E-state index contributed by atoms with van der Waals surface area (Å²) in [6.07, 6.45) is 13.6. The van der Waals surface area contributed by atoms with Gasteiger partial charge in [-0.05, 0) is 58.9 Å².